The quantitative estimate of drug-likeness (QED) is 0.694. The topological polar surface area (TPSA) is 75.2 Å². The van der Waals surface area contributed by atoms with Gasteiger partial charge in [-0.05, 0) is 48.4 Å². The standard InChI is InChI=1S/C19H20N4O2S/c1-23(14-11-16-9-12-20-13-10-16)19-8-7-17(15-21-19)22-26(24,25)18-5-3-2-4-6-18/h2-10,12-13,15,22H,11,14H2,1H3. The van der Waals surface area contributed by atoms with E-state index in [4.69, 9.17) is 0 Å². The number of nitrogens with one attached hydrogen (secondary N) is 1. The maximum Gasteiger partial charge on any atom is 0.261 e. The SMILES string of the molecule is CN(CCc1ccncc1)c1ccc(NS(=O)(=O)c2ccccc2)cn1. The van der Waals surface area contributed by atoms with E-state index < -0.39 is 10.0 Å². The van der Waals surface area contributed by atoms with E-state index in [2.05, 4.69) is 14.7 Å². The summed E-state index contributed by atoms with van der Waals surface area (Å²) in [6, 6.07) is 15.7. The van der Waals surface area contributed by atoms with Crippen molar-refractivity contribution in [2.75, 3.05) is 23.2 Å². The molecule has 0 saturated carbocycles. The number of anilines is 2. The van der Waals surface area contributed by atoms with Gasteiger partial charge in [-0.3, -0.25) is 9.71 Å². The Morgan fingerprint density at radius 1 is 1.00 bits per heavy atom. The molecule has 26 heavy (non-hydrogen) atoms. The fraction of sp³-hybridized carbons (Fsp3) is 0.158. The van der Waals surface area contributed by atoms with Crippen LogP contribution in [0, 0.1) is 0 Å². The summed E-state index contributed by atoms with van der Waals surface area (Å²) < 4.78 is 27.2. The molecule has 0 fully saturated rings. The van der Waals surface area contributed by atoms with Crippen molar-refractivity contribution in [3.05, 3.63) is 78.8 Å². The Hall–Kier alpha value is -2.93. The average Bonchev–Trinajstić information content (AvgIpc) is 2.68. The van der Waals surface area contributed by atoms with Crippen molar-refractivity contribution in [1.82, 2.24) is 9.97 Å². The molecule has 1 aromatic carbocycles. The normalized spacial score (nSPS) is 11.1. The van der Waals surface area contributed by atoms with Crippen LogP contribution in [0.5, 0.6) is 0 Å². The third-order valence-corrected chi connectivity index (χ3v) is 5.33. The zero-order valence-electron chi connectivity index (χ0n) is 14.4. The van der Waals surface area contributed by atoms with Gasteiger partial charge >= 0.3 is 0 Å². The van der Waals surface area contributed by atoms with Gasteiger partial charge in [0.15, 0.2) is 0 Å². The molecule has 0 saturated heterocycles. The van der Waals surface area contributed by atoms with Crippen molar-refractivity contribution in [1.29, 1.82) is 0 Å². The smallest absolute Gasteiger partial charge is 0.261 e. The number of benzene rings is 1. The molecule has 0 aliphatic heterocycles. The highest BCUT2D eigenvalue weighted by Gasteiger charge is 2.13. The van der Waals surface area contributed by atoms with Gasteiger partial charge in [-0.25, -0.2) is 13.4 Å². The zero-order chi connectivity index (χ0) is 18.4. The number of hydrogen-bond acceptors (Lipinski definition) is 5. The number of pyridine rings is 2. The largest absolute Gasteiger partial charge is 0.359 e. The Kier molecular flexibility index (Phi) is 5.48. The molecule has 3 rings (SSSR count). The van der Waals surface area contributed by atoms with E-state index in [1.165, 1.54) is 11.8 Å². The summed E-state index contributed by atoms with van der Waals surface area (Å²) in [7, 11) is -1.65. The lowest BCUT2D eigenvalue weighted by Crippen LogP contribution is -2.21. The van der Waals surface area contributed by atoms with Gasteiger partial charge in [0.25, 0.3) is 10.0 Å². The molecule has 2 aromatic heterocycles. The van der Waals surface area contributed by atoms with Gasteiger partial charge in [0, 0.05) is 26.0 Å². The van der Waals surface area contributed by atoms with Crippen molar-refractivity contribution < 1.29 is 8.42 Å². The molecule has 3 aromatic rings. The maximum absolute atomic E-state index is 12.3. The van der Waals surface area contributed by atoms with Crippen LogP contribution in [0.15, 0.2) is 78.1 Å². The molecular formula is C19H20N4O2S. The minimum absolute atomic E-state index is 0.221. The number of rotatable bonds is 7. The first kappa shape index (κ1) is 17.9. The number of aromatic nitrogens is 2. The molecule has 0 bridgehead atoms. The van der Waals surface area contributed by atoms with E-state index in [1.807, 2.05) is 24.1 Å². The number of hydrogen-bond donors (Lipinski definition) is 1. The lowest BCUT2D eigenvalue weighted by atomic mass is 10.2. The van der Waals surface area contributed by atoms with Crippen molar-refractivity contribution in [2.24, 2.45) is 0 Å². The van der Waals surface area contributed by atoms with Crippen LogP contribution in [0.1, 0.15) is 5.56 Å². The van der Waals surface area contributed by atoms with Crippen LogP contribution in [0.25, 0.3) is 0 Å². The maximum atomic E-state index is 12.3. The van der Waals surface area contributed by atoms with Crippen molar-refractivity contribution in [3.8, 4) is 0 Å². The first-order chi connectivity index (χ1) is 12.5. The van der Waals surface area contributed by atoms with Gasteiger partial charge in [-0.15, -0.1) is 0 Å². The second-order valence-electron chi connectivity index (χ2n) is 5.85. The molecule has 0 spiro atoms. The summed E-state index contributed by atoms with van der Waals surface area (Å²) in [5.74, 6) is 0.779. The zero-order valence-corrected chi connectivity index (χ0v) is 15.2. The average molecular weight is 368 g/mol. The minimum atomic E-state index is -3.60. The monoisotopic (exact) mass is 368 g/mol. The van der Waals surface area contributed by atoms with Crippen LogP contribution in [0.3, 0.4) is 0 Å². The molecule has 0 atom stereocenters. The summed E-state index contributed by atoms with van der Waals surface area (Å²) in [5, 5.41) is 0. The second-order valence-corrected chi connectivity index (χ2v) is 7.53. The Bertz CT molecular complexity index is 930. The number of likely N-dealkylation sites (N-methyl/N-ethyl adjacent to an activating group) is 1. The van der Waals surface area contributed by atoms with Gasteiger partial charge in [0.2, 0.25) is 0 Å². The highest BCUT2D eigenvalue weighted by molar-refractivity contribution is 7.92. The first-order valence-electron chi connectivity index (χ1n) is 8.18. The molecule has 1 N–H and O–H groups in total. The fourth-order valence-electron chi connectivity index (χ4n) is 2.45. The van der Waals surface area contributed by atoms with Gasteiger partial charge in [-0.1, -0.05) is 18.2 Å². The summed E-state index contributed by atoms with van der Waals surface area (Å²) in [6.45, 7) is 0.798. The summed E-state index contributed by atoms with van der Waals surface area (Å²) in [5.41, 5.74) is 1.64. The minimum Gasteiger partial charge on any atom is -0.359 e. The molecule has 134 valence electrons. The van der Waals surface area contributed by atoms with Crippen molar-refractivity contribution in [3.63, 3.8) is 0 Å². The molecule has 7 heteroatoms. The lowest BCUT2D eigenvalue weighted by molar-refractivity contribution is 0.601. The van der Waals surface area contributed by atoms with Crippen LogP contribution in [-0.4, -0.2) is 32.0 Å². The molecular weight excluding hydrogens is 348 g/mol. The predicted molar refractivity (Wildman–Crippen MR) is 103 cm³/mol. The summed E-state index contributed by atoms with van der Waals surface area (Å²) in [4.78, 5) is 10.6. The van der Waals surface area contributed by atoms with Gasteiger partial charge < -0.3 is 4.90 Å². The molecule has 0 aliphatic rings. The van der Waals surface area contributed by atoms with Crippen molar-refractivity contribution in [2.45, 2.75) is 11.3 Å². The molecule has 2 heterocycles. The predicted octanol–water partition coefficient (Wildman–Crippen LogP) is 2.96. The fourth-order valence-corrected chi connectivity index (χ4v) is 3.51. The van der Waals surface area contributed by atoms with E-state index >= 15 is 0 Å². The second kappa shape index (κ2) is 7.97. The van der Waals surface area contributed by atoms with Crippen LogP contribution < -0.4 is 9.62 Å². The highest BCUT2D eigenvalue weighted by Crippen LogP contribution is 2.17. The van der Waals surface area contributed by atoms with E-state index in [0.717, 1.165) is 18.8 Å². The first-order valence-corrected chi connectivity index (χ1v) is 9.67. The Labute approximate surface area is 153 Å². The molecule has 0 unspecified atom stereocenters. The van der Waals surface area contributed by atoms with E-state index in [9.17, 15) is 8.42 Å². The van der Waals surface area contributed by atoms with Crippen LogP contribution in [0.4, 0.5) is 11.5 Å². The Morgan fingerprint density at radius 2 is 1.73 bits per heavy atom. The summed E-state index contributed by atoms with van der Waals surface area (Å²) >= 11 is 0. The lowest BCUT2D eigenvalue weighted by Gasteiger charge is -2.18. The van der Waals surface area contributed by atoms with E-state index in [1.54, 1.807) is 54.9 Å². The number of sulfonamides is 1. The Balaban J connectivity index is 1.63. The van der Waals surface area contributed by atoms with E-state index in [0.29, 0.717) is 5.69 Å². The molecule has 6 nitrogen and oxygen atoms in total. The van der Waals surface area contributed by atoms with Crippen molar-refractivity contribution >= 4 is 21.5 Å². The summed E-state index contributed by atoms with van der Waals surface area (Å²) in [6.07, 6.45) is 5.96. The van der Waals surface area contributed by atoms with Gasteiger partial charge in [-0.2, -0.15) is 0 Å². The van der Waals surface area contributed by atoms with Crippen LogP contribution >= 0.6 is 0 Å². The third kappa shape index (κ3) is 4.58. The molecule has 0 radical (unpaired) electrons. The number of nitrogens with zero attached hydrogens (tertiary/aromatic N) is 3. The Morgan fingerprint density at radius 3 is 2.38 bits per heavy atom. The van der Waals surface area contributed by atoms with Crippen LogP contribution in [0.2, 0.25) is 0 Å². The van der Waals surface area contributed by atoms with Gasteiger partial charge in [0.1, 0.15) is 5.82 Å². The van der Waals surface area contributed by atoms with E-state index in [-0.39, 0.29) is 4.90 Å². The highest BCUT2D eigenvalue weighted by atomic mass is 32.2. The van der Waals surface area contributed by atoms with Crippen LogP contribution in [-0.2, 0) is 16.4 Å². The third-order valence-electron chi connectivity index (χ3n) is 3.93. The van der Waals surface area contributed by atoms with Gasteiger partial charge in [0.05, 0.1) is 16.8 Å². The molecule has 0 aliphatic carbocycles. The molecule has 0 amide bonds.